The predicted octanol–water partition coefficient (Wildman–Crippen LogP) is 5.58. The van der Waals surface area contributed by atoms with Crippen molar-refractivity contribution in [2.45, 2.75) is 39.3 Å². The van der Waals surface area contributed by atoms with Crippen LogP contribution in [0, 0.1) is 0 Å². The van der Waals surface area contributed by atoms with E-state index in [2.05, 4.69) is 35.6 Å². The minimum Gasteiger partial charge on any atom is -0.326 e. The summed E-state index contributed by atoms with van der Waals surface area (Å²) in [5.41, 5.74) is 8.35. The van der Waals surface area contributed by atoms with Gasteiger partial charge in [-0.1, -0.05) is 78.4 Å². The standard InChI is InChI=1S/C22H22ClN9/c1-2-3-8-20-26-21(23)19(13-25-29-24)32(20)14-15-9-11-16(12-10-15)17-6-4-5-7-18(17)22-27-30-31-28-22/h4-7,9-12H,2-3,8,13-14H2,1H3,(H,27,28,30,31)/i4D,5D,6D,7D,9D,10D,11D,12D. The molecule has 0 atom stereocenters. The molecule has 162 valence electrons. The van der Waals surface area contributed by atoms with Gasteiger partial charge in [0.15, 0.2) is 5.15 Å². The van der Waals surface area contributed by atoms with Crippen molar-refractivity contribution in [2.75, 3.05) is 0 Å². The van der Waals surface area contributed by atoms with E-state index in [0.29, 0.717) is 17.9 Å². The first kappa shape index (κ1) is 13.7. The first-order valence-corrected chi connectivity index (χ1v) is 10.1. The number of imidazole rings is 1. The van der Waals surface area contributed by atoms with Gasteiger partial charge in [-0.3, -0.25) is 0 Å². The number of H-pyrrole nitrogens is 1. The smallest absolute Gasteiger partial charge is 0.205 e. The molecule has 0 saturated heterocycles. The lowest BCUT2D eigenvalue weighted by atomic mass is 9.98. The number of benzene rings is 2. The lowest BCUT2D eigenvalue weighted by Crippen LogP contribution is -2.09. The molecule has 0 saturated carbocycles. The summed E-state index contributed by atoms with van der Waals surface area (Å²) in [6.07, 6.45) is 2.14. The van der Waals surface area contributed by atoms with Crippen LogP contribution in [-0.4, -0.2) is 30.2 Å². The molecular formula is C22H22ClN9. The molecule has 2 heterocycles. The zero-order valence-electron chi connectivity index (χ0n) is 25.0. The molecule has 0 fully saturated rings. The molecule has 2 aromatic carbocycles. The fraction of sp³-hybridized carbons (Fsp3) is 0.273. The van der Waals surface area contributed by atoms with Crippen LogP contribution in [0.5, 0.6) is 0 Å². The highest BCUT2D eigenvalue weighted by atomic mass is 35.5. The van der Waals surface area contributed by atoms with Crippen molar-refractivity contribution in [3.63, 3.8) is 0 Å². The maximum atomic E-state index is 8.82. The maximum absolute atomic E-state index is 8.82. The molecule has 0 bridgehead atoms. The molecule has 10 heteroatoms. The molecule has 1 N–H and O–H groups in total. The molecule has 0 radical (unpaired) electrons. The highest BCUT2D eigenvalue weighted by Crippen LogP contribution is 2.30. The van der Waals surface area contributed by atoms with Gasteiger partial charge >= 0.3 is 0 Å². The van der Waals surface area contributed by atoms with Crippen molar-refractivity contribution < 1.29 is 11.0 Å². The summed E-state index contributed by atoms with van der Waals surface area (Å²) in [6, 6.07) is -4.20. The van der Waals surface area contributed by atoms with E-state index in [9.17, 15) is 0 Å². The summed E-state index contributed by atoms with van der Waals surface area (Å²) in [6.45, 7) is 1.70. The third-order valence-electron chi connectivity index (χ3n) is 4.64. The molecule has 0 aliphatic rings. The van der Waals surface area contributed by atoms with Gasteiger partial charge in [-0.25, -0.2) is 4.98 Å². The SMILES string of the molecule is [2H]c1c([2H])c([2H])c(-c2c([2H])c([2H])c(Cn3c(CCCC)nc(Cl)c3CN=[N+]=[N-])c([2H])c2[2H])c(-c2nn[nH]n2)c1[2H]. The van der Waals surface area contributed by atoms with Crippen molar-refractivity contribution in [3.05, 3.63) is 81.0 Å². The number of nitrogens with zero attached hydrogens (tertiary/aromatic N) is 8. The fourth-order valence-corrected chi connectivity index (χ4v) is 3.36. The first-order chi connectivity index (χ1) is 19.0. The number of aromatic amines is 1. The average molecular weight is 456 g/mol. The van der Waals surface area contributed by atoms with Gasteiger partial charge in [0.25, 0.3) is 0 Å². The van der Waals surface area contributed by atoms with E-state index in [0.717, 1.165) is 12.8 Å². The third-order valence-corrected chi connectivity index (χ3v) is 4.94. The number of aryl methyl sites for hydroxylation is 1. The van der Waals surface area contributed by atoms with Crippen LogP contribution >= 0.6 is 11.6 Å². The number of rotatable bonds is 9. The minimum absolute atomic E-state index is 0.00491. The molecule has 4 rings (SSSR count). The summed E-state index contributed by atoms with van der Waals surface area (Å²) in [7, 11) is 0. The van der Waals surface area contributed by atoms with Gasteiger partial charge < -0.3 is 4.57 Å². The van der Waals surface area contributed by atoms with Gasteiger partial charge in [-0.2, -0.15) is 5.21 Å². The Balaban J connectivity index is 1.97. The molecule has 0 aliphatic heterocycles. The topological polar surface area (TPSA) is 121 Å². The monoisotopic (exact) mass is 455 g/mol. The summed E-state index contributed by atoms with van der Waals surface area (Å²) >= 11 is 6.33. The van der Waals surface area contributed by atoms with Gasteiger partial charge in [0.2, 0.25) is 5.82 Å². The Bertz CT molecular complexity index is 1620. The number of azide groups is 1. The zero-order chi connectivity index (χ0) is 29.3. The van der Waals surface area contributed by atoms with Crippen LogP contribution in [0.15, 0.2) is 53.5 Å². The summed E-state index contributed by atoms with van der Waals surface area (Å²) in [4.78, 5) is 7.14. The fourth-order valence-electron chi connectivity index (χ4n) is 3.10. The molecule has 0 amide bonds. The van der Waals surface area contributed by atoms with Crippen LogP contribution in [-0.2, 0) is 19.5 Å². The Hall–Kier alpha value is -3.68. The normalized spacial score (nSPS) is 14.3. The largest absolute Gasteiger partial charge is 0.326 e. The Kier molecular flexibility index (Phi) is 4.31. The highest BCUT2D eigenvalue weighted by molar-refractivity contribution is 6.30. The van der Waals surface area contributed by atoms with E-state index in [1.807, 2.05) is 6.92 Å². The number of hydrogen-bond donors (Lipinski definition) is 1. The van der Waals surface area contributed by atoms with Gasteiger partial charge in [-0.15, -0.1) is 10.2 Å². The van der Waals surface area contributed by atoms with E-state index in [1.54, 1.807) is 4.57 Å². The number of aromatic nitrogens is 6. The van der Waals surface area contributed by atoms with E-state index in [1.165, 1.54) is 0 Å². The summed E-state index contributed by atoms with van der Waals surface area (Å²) in [5, 5.41) is 17.0. The zero-order valence-corrected chi connectivity index (χ0v) is 17.7. The lowest BCUT2D eigenvalue weighted by Gasteiger charge is -2.12. The number of halogens is 1. The average Bonchev–Trinajstić information content (AvgIpc) is 3.57. The second-order valence-electron chi connectivity index (χ2n) is 6.68. The molecule has 0 aliphatic carbocycles. The molecule has 32 heavy (non-hydrogen) atoms. The number of nitrogens with one attached hydrogen (secondary N) is 1. The van der Waals surface area contributed by atoms with Crippen molar-refractivity contribution >= 4 is 11.6 Å². The molecule has 4 aromatic rings. The van der Waals surface area contributed by atoms with Crippen molar-refractivity contribution in [1.29, 1.82) is 0 Å². The van der Waals surface area contributed by atoms with Crippen LogP contribution in [0.3, 0.4) is 0 Å². The minimum atomic E-state index is -0.621. The Labute approximate surface area is 201 Å². The number of hydrogen-bond acceptors (Lipinski definition) is 5. The van der Waals surface area contributed by atoms with Crippen LogP contribution in [0.2, 0.25) is 5.15 Å². The van der Waals surface area contributed by atoms with E-state index in [4.69, 9.17) is 28.1 Å². The number of tetrazole rings is 1. The maximum Gasteiger partial charge on any atom is 0.205 e. The first-order valence-electron chi connectivity index (χ1n) is 13.7. The van der Waals surface area contributed by atoms with E-state index < -0.39 is 48.3 Å². The van der Waals surface area contributed by atoms with Crippen molar-refractivity contribution in [2.24, 2.45) is 5.11 Å². The molecule has 9 nitrogen and oxygen atoms in total. The van der Waals surface area contributed by atoms with E-state index in [-0.39, 0.29) is 46.3 Å². The van der Waals surface area contributed by atoms with Gasteiger partial charge in [0.1, 0.15) is 5.82 Å². The summed E-state index contributed by atoms with van der Waals surface area (Å²) < 4.78 is 70.0. The molecule has 2 aromatic heterocycles. The molecular weight excluding hydrogens is 426 g/mol. The highest BCUT2D eigenvalue weighted by Gasteiger charge is 2.16. The van der Waals surface area contributed by atoms with Crippen LogP contribution in [0.25, 0.3) is 33.0 Å². The summed E-state index contributed by atoms with van der Waals surface area (Å²) in [5.74, 6) is 0.340. The Morgan fingerprint density at radius 1 is 1.19 bits per heavy atom. The quantitative estimate of drug-likeness (QED) is 0.201. The van der Waals surface area contributed by atoms with Crippen molar-refractivity contribution in [3.8, 4) is 22.5 Å². The van der Waals surface area contributed by atoms with Gasteiger partial charge in [0.05, 0.1) is 23.2 Å². The van der Waals surface area contributed by atoms with Crippen LogP contribution in [0.4, 0.5) is 0 Å². The lowest BCUT2D eigenvalue weighted by molar-refractivity contribution is 0.655. The Morgan fingerprint density at radius 2 is 1.97 bits per heavy atom. The van der Waals surface area contributed by atoms with Crippen molar-refractivity contribution in [1.82, 2.24) is 30.2 Å². The molecule has 0 spiro atoms. The Morgan fingerprint density at radius 3 is 2.66 bits per heavy atom. The molecule has 0 unspecified atom stereocenters. The van der Waals surface area contributed by atoms with Crippen LogP contribution in [0.1, 0.15) is 47.8 Å². The van der Waals surface area contributed by atoms with Gasteiger partial charge in [0, 0.05) is 23.4 Å². The number of unbranched alkanes of at least 4 members (excludes halogenated alkanes) is 1. The van der Waals surface area contributed by atoms with Crippen LogP contribution < -0.4 is 0 Å². The second kappa shape index (κ2) is 10.1. The van der Waals surface area contributed by atoms with E-state index >= 15 is 0 Å². The predicted molar refractivity (Wildman–Crippen MR) is 123 cm³/mol. The van der Waals surface area contributed by atoms with Gasteiger partial charge in [-0.05, 0) is 33.9 Å². The second-order valence-corrected chi connectivity index (χ2v) is 7.04. The third kappa shape index (κ3) is 4.64.